The van der Waals surface area contributed by atoms with Crippen molar-refractivity contribution in [3.8, 4) is 0 Å². The van der Waals surface area contributed by atoms with Crippen LogP contribution in [0.3, 0.4) is 0 Å². The number of fused-ring (bicyclic) bond motifs is 1. The minimum absolute atomic E-state index is 0.00765. The van der Waals surface area contributed by atoms with Gasteiger partial charge in [0, 0.05) is 13.1 Å². The summed E-state index contributed by atoms with van der Waals surface area (Å²) in [5.41, 5.74) is 4.03. The van der Waals surface area contributed by atoms with Crippen LogP contribution in [-0.4, -0.2) is 42.1 Å². The van der Waals surface area contributed by atoms with Gasteiger partial charge >= 0.3 is 6.03 Å². The van der Waals surface area contributed by atoms with Crippen molar-refractivity contribution < 1.29 is 4.79 Å². The van der Waals surface area contributed by atoms with Crippen molar-refractivity contribution in [2.24, 2.45) is 11.8 Å². The first kappa shape index (κ1) is 17.7. The molecule has 2 unspecified atom stereocenters. The van der Waals surface area contributed by atoms with Crippen molar-refractivity contribution in [1.82, 2.24) is 20.5 Å². The van der Waals surface area contributed by atoms with E-state index >= 15 is 0 Å². The molecule has 5 nitrogen and oxygen atoms in total. The molecular weight excluding hydrogens is 344 g/mol. The van der Waals surface area contributed by atoms with E-state index in [1.807, 2.05) is 16.5 Å². The monoisotopic (exact) mass is 372 g/mol. The first-order chi connectivity index (χ1) is 12.7. The van der Waals surface area contributed by atoms with Gasteiger partial charge in [0.25, 0.3) is 0 Å². The molecule has 2 aliphatic heterocycles. The van der Waals surface area contributed by atoms with Crippen LogP contribution in [0.1, 0.15) is 44.2 Å². The van der Waals surface area contributed by atoms with E-state index in [9.17, 15) is 4.79 Å². The number of carbonyl (C=O) groups excluding carboxylic acids is 1. The zero-order valence-electron chi connectivity index (χ0n) is 15.4. The summed E-state index contributed by atoms with van der Waals surface area (Å²) >= 11 is 1.64. The fourth-order valence-electron chi connectivity index (χ4n) is 4.40. The molecule has 1 aromatic carbocycles. The predicted molar refractivity (Wildman–Crippen MR) is 106 cm³/mol. The third kappa shape index (κ3) is 3.86. The molecule has 2 amide bonds. The van der Waals surface area contributed by atoms with Crippen LogP contribution >= 0.6 is 11.3 Å². The largest absolute Gasteiger partial charge is 0.331 e. The smallest absolute Gasteiger partial charge is 0.317 e. The van der Waals surface area contributed by atoms with E-state index in [-0.39, 0.29) is 12.1 Å². The third-order valence-electron chi connectivity index (χ3n) is 5.99. The molecule has 2 aliphatic rings. The number of nitrogens with zero attached hydrogens (tertiary/aromatic N) is 2. The SMILES string of the molecule is CC(NC(=O)N1CCCC(C2CCNCC2)C1)c1ccc2ncsc2c1. The van der Waals surface area contributed by atoms with Crippen LogP contribution in [0, 0.1) is 11.8 Å². The van der Waals surface area contributed by atoms with Gasteiger partial charge in [0.15, 0.2) is 0 Å². The molecule has 0 aliphatic carbocycles. The average molecular weight is 373 g/mol. The van der Waals surface area contributed by atoms with Crippen LogP contribution in [0.25, 0.3) is 10.2 Å². The number of rotatable bonds is 3. The Morgan fingerprint density at radius 1 is 1.31 bits per heavy atom. The third-order valence-corrected chi connectivity index (χ3v) is 6.78. The van der Waals surface area contributed by atoms with E-state index in [0.29, 0.717) is 5.92 Å². The Bertz CT molecular complexity index is 755. The van der Waals surface area contributed by atoms with E-state index < -0.39 is 0 Å². The molecule has 0 spiro atoms. The van der Waals surface area contributed by atoms with Crippen molar-refractivity contribution in [1.29, 1.82) is 0 Å². The summed E-state index contributed by atoms with van der Waals surface area (Å²) in [6.45, 7) is 6.12. The van der Waals surface area contributed by atoms with Crippen LogP contribution in [0.5, 0.6) is 0 Å². The fraction of sp³-hybridized carbons (Fsp3) is 0.600. The van der Waals surface area contributed by atoms with Gasteiger partial charge in [-0.15, -0.1) is 11.3 Å². The Morgan fingerprint density at radius 2 is 2.15 bits per heavy atom. The summed E-state index contributed by atoms with van der Waals surface area (Å²) in [6.07, 6.45) is 4.91. The molecular formula is C20H28N4OS. The van der Waals surface area contributed by atoms with Crippen molar-refractivity contribution >= 4 is 27.6 Å². The molecule has 3 heterocycles. The molecule has 0 radical (unpaired) electrons. The molecule has 2 fully saturated rings. The van der Waals surface area contributed by atoms with E-state index in [1.54, 1.807) is 11.3 Å². The molecule has 2 atom stereocenters. The fourth-order valence-corrected chi connectivity index (χ4v) is 5.12. The highest BCUT2D eigenvalue weighted by atomic mass is 32.1. The maximum absolute atomic E-state index is 12.8. The first-order valence-electron chi connectivity index (χ1n) is 9.80. The highest BCUT2D eigenvalue weighted by Crippen LogP contribution is 2.30. The number of likely N-dealkylation sites (tertiary alicyclic amines) is 1. The minimum Gasteiger partial charge on any atom is -0.331 e. The average Bonchev–Trinajstić information content (AvgIpc) is 3.16. The van der Waals surface area contributed by atoms with Gasteiger partial charge in [-0.05, 0) is 75.2 Å². The van der Waals surface area contributed by atoms with Gasteiger partial charge < -0.3 is 15.5 Å². The number of carbonyl (C=O) groups is 1. The number of urea groups is 1. The maximum Gasteiger partial charge on any atom is 0.317 e. The predicted octanol–water partition coefficient (Wildman–Crippen LogP) is 3.78. The lowest BCUT2D eigenvalue weighted by Gasteiger charge is -2.39. The molecule has 0 bridgehead atoms. The second kappa shape index (κ2) is 7.92. The topological polar surface area (TPSA) is 57.3 Å². The molecule has 0 saturated carbocycles. The van der Waals surface area contributed by atoms with E-state index in [0.717, 1.165) is 49.6 Å². The van der Waals surface area contributed by atoms with Gasteiger partial charge in [-0.25, -0.2) is 9.78 Å². The number of aromatic nitrogens is 1. The molecule has 26 heavy (non-hydrogen) atoms. The van der Waals surface area contributed by atoms with E-state index in [2.05, 4.69) is 34.7 Å². The highest BCUT2D eigenvalue weighted by molar-refractivity contribution is 7.16. The van der Waals surface area contributed by atoms with Gasteiger partial charge in [-0.1, -0.05) is 6.07 Å². The van der Waals surface area contributed by atoms with Crippen LogP contribution in [0.15, 0.2) is 23.7 Å². The lowest BCUT2D eigenvalue weighted by molar-refractivity contribution is 0.127. The number of hydrogen-bond acceptors (Lipinski definition) is 4. The minimum atomic E-state index is 0.00765. The molecule has 1 aromatic heterocycles. The van der Waals surface area contributed by atoms with E-state index in [1.165, 1.54) is 24.0 Å². The molecule has 4 rings (SSSR count). The standard InChI is InChI=1S/C20H28N4OS/c1-14(16-4-5-18-19(11-16)26-13-22-18)23-20(25)24-10-2-3-17(12-24)15-6-8-21-9-7-15/h4-5,11,13-15,17,21H,2-3,6-10,12H2,1H3,(H,23,25). The van der Waals surface area contributed by atoms with E-state index in [4.69, 9.17) is 0 Å². The Kier molecular flexibility index (Phi) is 5.41. The summed E-state index contributed by atoms with van der Waals surface area (Å²) in [5.74, 6) is 1.44. The number of nitrogens with one attached hydrogen (secondary N) is 2. The normalized spacial score (nSPS) is 23.1. The van der Waals surface area contributed by atoms with Crippen molar-refractivity contribution in [2.45, 2.75) is 38.6 Å². The van der Waals surface area contributed by atoms with Crippen LogP contribution in [0.4, 0.5) is 4.79 Å². The lowest BCUT2D eigenvalue weighted by atomic mass is 9.80. The van der Waals surface area contributed by atoms with Crippen molar-refractivity contribution in [3.05, 3.63) is 29.3 Å². The number of piperidine rings is 2. The Morgan fingerprint density at radius 3 is 3.00 bits per heavy atom. The summed E-state index contributed by atoms with van der Waals surface area (Å²) in [4.78, 5) is 19.2. The summed E-state index contributed by atoms with van der Waals surface area (Å²) in [5, 5.41) is 6.65. The van der Waals surface area contributed by atoms with Gasteiger partial charge in [-0.2, -0.15) is 0 Å². The van der Waals surface area contributed by atoms with Crippen LogP contribution < -0.4 is 10.6 Å². The highest BCUT2D eigenvalue weighted by Gasteiger charge is 2.30. The molecule has 2 aromatic rings. The van der Waals surface area contributed by atoms with Gasteiger partial charge in [0.2, 0.25) is 0 Å². The number of thiazole rings is 1. The zero-order valence-corrected chi connectivity index (χ0v) is 16.2. The number of benzene rings is 1. The quantitative estimate of drug-likeness (QED) is 0.862. The number of hydrogen-bond donors (Lipinski definition) is 2. The van der Waals surface area contributed by atoms with Gasteiger partial charge in [0.1, 0.15) is 0 Å². The maximum atomic E-state index is 12.8. The van der Waals surface area contributed by atoms with Crippen LogP contribution in [0.2, 0.25) is 0 Å². The van der Waals surface area contributed by atoms with Crippen molar-refractivity contribution in [2.75, 3.05) is 26.2 Å². The molecule has 2 saturated heterocycles. The summed E-state index contributed by atoms with van der Waals surface area (Å²) < 4.78 is 1.17. The summed E-state index contributed by atoms with van der Waals surface area (Å²) in [6, 6.07) is 6.35. The number of amides is 2. The van der Waals surface area contributed by atoms with Gasteiger partial charge in [-0.3, -0.25) is 0 Å². The van der Waals surface area contributed by atoms with Crippen molar-refractivity contribution in [3.63, 3.8) is 0 Å². The summed E-state index contributed by atoms with van der Waals surface area (Å²) in [7, 11) is 0. The van der Waals surface area contributed by atoms with Crippen LogP contribution in [-0.2, 0) is 0 Å². The molecule has 140 valence electrons. The Labute approximate surface area is 159 Å². The molecule has 2 N–H and O–H groups in total. The zero-order chi connectivity index (χ0) is 17.9. The Hall–Kier alpha value is -1.66. The second-order valence-corrected chi connectivity index (χ2v) is 8.57. The molecule has 6 heteroatoms. The van der Waals surface area contributed by atoms with Gasteiger partial charge in [0.05, 0.1) is 21.8 Å². The first-order valence-corrected chi connectivity index (χ1v) is 10.7. The lowest BCUT2D eigenvalue weighted by Crippen LogP contribution is -2.48. The Balaban J connectivity index is 1.37. The second-order valence-electron chi connectivity index (χ2n) is 7.69.